The van der Waals surface area contributed by atoms with Gasteiger partial charge in [-0.1, -0.05) is 6.07 Å². The SMILES string of the molecule is O=C(Nc1cccc(F)c1)c1csc(-c2ccc(N3CCCCC3)nc2)n1. The van der Waals surface area contributed by atoms with Crippen molar-refractivity contribution in [1.29, 1.82) is 0 Å². The molecule has 1 amide bonds. The van der Waals surface area contributed by atoms with Crippen LogP contribution in [0.2, 0.25) is 0 Å². The molecule has 0 atom stereocenters. The quantitative estimate of drug-likeness (QED) is 0.717. The van der Waals surface area contributed by atoms with E-state index in [0.29, 0.717) is 11.4 Å². The van der Waals surface area contributed by atoms with E-state index >= 15 is 0 Å². The van der Waals surface area contributed by atoms with Crippen molar-refractivity contribution >= 4 is 28.7 Å². The zero-order valence-corrected chi connectivity index (χ0v) is 15.5. The van der Waals surface area contributed by atoms with Crippen LogP contribution in [0.25, 0.3) is 10.6 Å². The molecule has 1 fully saturated rings. The molecule has 7 heteroatoms. The Morgan fingerprint density at radius 3 is 2.74 bits per heavy atom. The molecule has 3 aromatic rings. The summed E-state index contributed by atoms with van der Waals surface area (Å²) in [7, 11) is 0. The van der Waals surface area contributed by atoms with E-state index in [2.05, 4.69) is 20.2 Å². The topological polar surface area (TPSA) is 58.1 Å². The van der Waals surface area contributed by atoms with E-state index in [1.807, 2.05) is 12.1 Å². The van der Waals surface area contributed by atoms with E-state index in [1.54, 1.807) is 23.7 Å². The Hall–Kier alpha value is -2.80. The molecule has 3 heterocycles. The number of nitrogens with one attached hydrogen (secondary N) is 1. The molecular weight excluding hydrogens is 363 g/mol. The molecule has 1 aromatic carbocycles. The Morgan fingerprint density at radius 2 is 2.00 bits per heavy atom. The Kier molecular flexibility index (Phi) is 5.11. The lowest BCUT2D eigenvalue weighted by Gasteiger charge is -2.27. The molecule has 5 nitrogen and oxygen atoms in total. The number of halogens is 1. The van der Waals surface area contributed by atoms with Crippen LogP contribution >= 0.6 is 11.3 Å². The molecule has 0 aliphatic carbocycles. The molecule has 1 aliphatic rings. The number of hydrogen-bond donors (Lipinski definition) is 1. The average molecular weight is 382 g/mol. The monoisotopic (exact) mass is 382 g/mol. The summed E-state index contributed by atoms with van der Waals surface area (Å²) in [6.07, 6.45) is 5.50. The molecule has 2 aromatic heterocycles. The van der Waals surface area contributed by atoms with Crippen LogP contribution in [0.15, 0.2) is 48.0 Å². The van der Waals surface area contributed by atoms with Gasteiger partial charge in [-0.2, -0.15) is 0 Å². The number of rotatable bonds is 4. The third kappa shape index (κ3) is 4.14. The van der Waals surface area contributed by atoms with E-state index in [0.717, 1.165) is 29.5 Å². The minimum absolute atomic E-state index is 0.305. The van der Waals surface area contributed by atoms with E-state index < -0.39 is 5.82 Å². The number of nitrogens with zero attached hydrogens (tertiary/aromatic N) is 3. The van der Waals surface area contributed by atoms with Gasteiger partial charge in [-0.05, 0) is 49.6 Å². The fourth-order valence-electron chi connectivity index (χ4n) is 3.09. The van der Waals surface area contributed by atoms with Gasteiger partial charge in [0.1, 0.15) is 22.3 Å². The second-order valence-electron chi connectivity index (χ2n) is 6.46. The zero-order chi connectivity index (χ0) is 18.6. The van der Waals surface area contributed by atoms with E-state index in [1.165, 1.54) is 42.7 Å². The summed E-state index contributed by atoms with van der Waals surface area (Å²) in [5.41, 5.74) is 1.59. The molecule has 0 radical (unpaired) electrons. The van der Waals surface area contributed by atoms with Crippen LogP contribution in [0.3, 0.4) is 0 Å². The smallest absolute Gasteiger partial charge is 0.275 e. The van der Waals surface area contributed by atoms with Crippen LogP contribution in [0, 0.1) is 5.82 Å². The van der Waals surface area contributed by atoms with Crippen LogP contribution in [-0.2, 0) is 0 Å². The number of aromatic nitrogens is 2. The number of pyridine rings is 1. The summed E-state index contributed by atoms with van der Waals surface area (Å²) in [6.45, 7) is 2.10. The summed E-state index contributed by atoms with van der Waals surface area (Å²) in [5.74, 6) is 0.228. The van der Waals surface area contributed by atoms with Crippen molar-refractivity contribution < 1.29 is 9.18 Å². The first kappa shape index (κ1) is 17.6. The number of piperidine rings is 1. The predicted molar refractivity (Wildman–Crippen MR) is 106 cm³/mol. The fourth-order valence-corrected chi connectivity index (χ4v) is 3.89. The normalized spacial score (nSPS) is 14.2. The molecule has 0 bridgehead atoms. The molecule has 0 saturated carbocycles. The van der Waals surface area contributed by atoms with E-state index in [-0.39, 0.29) is 5.91 Å². The van der Waals surface area contributed by atoms with Gasteiger partial charge in [0.05, 0.1) is 0 Å². The summed E-state index contributed by atoms with van der Waals surface area (Å²) >= 11 is 1.39. The van der Waals surface area contributed by atoms with Crippen LogP contribution in [0.5, 0.6) is 0 Å². The Balaban J connectivity index is 1.46. The van der Waals surface area contributed by atoms with Crippen LogP contribution in [0.1, 0.15) is 29.8 Å². The highest BCUT2D eigenvalue weighted by Gasteiger charge is 2.15. The Bertz CT molecular complexity index is 935. The molecule has 1 aliphatic heterocycles. The van der Waals surface area contributed by atoms with E-state index in [4.69, 9.17) is 0 Å². The lowest BCUT2D eigenvalue weighted by Crippen LogP contribution is -2.29. The Labute approximate surface area is 160 Å². The maximum absolute atomic E-state index is 13.2. The largest absolute Gasteiger partial charge is 0.357 e. The van der Waals surface area contributed by atoms with Crippen molar-refractivity contribution in [3.8, 4) is 10.6 Å². The minimum atomic E-state index is -0.397. The first-order chi connectivity index (χ1) is 13.2. The highest BCUT2D eigenvalue weighted by molar-refractivity contribution is 7.13. The standard InChI is InChI=1S/C20H19FN4OS/c21-15-5-4-6-16(11-15)23-19(26)17-13-27-20(24-17)14-7-8-18(22-12-14)25-9-2-1-3-10-25/h4-8,11-13H,1-3,9-10H2,(H,23,26). The van der Waals surface area contributed by atoms with Gasteiger partial charge in [-0.25, -0.2) is 14.4 Å². The van der Waals surface area contributed by atoms with Gasteiger partial charge in [0.25, 0.3) is 5.91 Å². The Morgan fingerprint density at radius 1 is 1.15 bits per heavy atom. The van der Waals surface area contributed by atoms with Gasteiger partial charge in [0, 0.05) is 35.9 Å². The second kappa shape index (κ2) is 7.84. The number of benzene rings is 1. The number of thiazole rings is 1. The van der Waals surface area contributed by atoms with E-state index in [9.17, 15) is 9.18 Å². The first-order valence-corrected chi connectivity index (χ1v) is 9.81. The third-order valence-electron chi connectivity index (χ3n) is 4.49. The van der Waals surface area contributed by atoms with Gasteiger partial charge in [-0.3, -0.25) is 4.79 Å². The van der Waals surface area contributed by atoms with Crippen LogP contribution < -0.4 is 10.2 Å². The van der Waals surface area contributed by atoms with Crippen LogP contribution in [0.4, 0.5) is 15.9 Å². The summed E-state index contributed by atoms with van der Waals surface area (Å²) in [4.78, 5) is 23.6. The minimum Gasteiger partial charge on any atom is -0.357 e. The molecule has 1 N–H and O–H groups in total. The molecule has 1 saturated heterocycles. The van der Waals surface area contributed by atoms with Gasteiger partial charge < -0.3 is 10.2 Å². The number of carbonyl (C=O) groups excluding carboxylic acids is 1. The number of carbonyl (C=O) groups is 1. The van der Waals surface area contributed by atoms with Crippen LogP contribution in [-0.4, -0.2) is 29.0 Å². The van der Waals surface area contributed by atoms with Crippen molar-refractivity contribution in [2.75, 3.05) is 23.3 Å². The third-order valence-corrected chi connectivity index (χ3v) is 5.39. The van der Waals surface area contributed by atoms with Crippen molar-refractivity contribution in [3.63, 3.8) is 0 Å². The van der Waals surface area contributed by atoms with Crippen molar-refractivity contribution in [1.82, 2.24) is 9.97 Å². The lowest BCUT2D eigenvalue weighted by molar-refractivity contribution is 0.102. The summed E-state index contributed by atoms with van der Waals surface area (Å²) in [5, 5.41) is 5.09. The number of hydrogen-bond acceptors (Lipinski definition) is 5. The maximum atomic E-state index is 13.2. The fraction of sp³-hybridized carbons (Fsp3) is 0.250. The zero-order valence-electron chi connectivity index (χ0n) is 14.7. The molecule has 0 unspecified atom stereocenters. The van der Waals surface area contributed by atoms with Gasteiger partial charge in [-0.15, -0.1) is 11.3 Å². The van der Waals surface area contributed by atoms with Crippen molar-refractivity contribution in [2.45, 2.75) is 19.3 Å². The van der Waals surface area contributed by atoms with Gasteiger partial charge in [0.2, 0.25) is 0 Å². The average Bonchev–Trinajstić information content (AvgIpc) is 3.19. The predicted octanol–water partition coefficient (Wildman–Crippen LogP) is 4.59. The maximum Gasteiger partial charge on any atom is 0.275 e. The molecule has 4 rings (SSSR count). The lowest BCUT2D eigenvalue weighted by atomic mass is 10.1. The van der Waals surface area contributed by atoms with Gasteiger partial charge in [0.15, 0.2) is 0 Å². The molecule has 138 valence electrons. The summed E-state index contributed by atoms with van der Waals surface area (Å²) < 4.78 is 13.2. The summed E-state index contributed by atoms with van der Waals surface area (Å²) in [6, 6.07) is 9.79. The molecular formula is C20H19FN4OS. The highest BCUT2D eigenvalue weighted by atomic mass is 32.1. The van der Waals surface area contributed by atoms with Gasteiger partial charge >= 0.3 is 0 Å². The highest BCUT2D eigenvalue weighted by Crippen LogP contribution is 2.26. The molecule has 27 heavy (non-hydrogen) atoms. The number of amides is 1. The van der Waals surface area contributed by atoms with Crippen molar-refractivity contribution in [2.24, 2.45) is 0 Å². The molecule has 0 spiro atoms. The van der Waals surface area contributed by atoms with Crippen molar-refractivity contribution in [3.05, 3.63) is 59.5 Å². The first-order valence-electron chi connectivity index (χ1n) is 8.93. The second-order valence-corrected chi connectivity index (χ2v) is 7.31. The number of anilines is 2.